The summed E-state index contributed by atoms with van der Waals surface area (Å²) in [6, 6.07) is 11.5. The molecule has 1 amide bonds. The molecule has 40 heavy (non-hydrogen) atoms. The molecule has 5 rings (SSSR count). The summed E-state index contributed by atoms with van der Waals surface area (Å²) in [5, 5.41) is 1.26. The van der Waals surface area contributed by atoms with Crippen LogP contribution in [0.25, 0.3) is 22.3 Å². The number of imidazole rings is 1. The van der Waals surface area contributed by atoms with Crippen molar-refractivity contribution >= 4 is 46.1 Å². The van der Waals surface area contributed by atoms with Crippen molar-refractivity contribution in [2.24, 2.45) is 0 Å². The second-order valence-corrected chi connectivity index (χ2v) is 11.5. The van der Waals surface area contributed by atoms with Gasteiger partial charge in [0.05, 0.1) is 24.0 Å². The van der Waals surface area contributed by atoms with Crippen LogP contribution < -0.4 is 4.90 Å². The average Bonchev–Trinajstić information content (AvgIpc) is 3.26. The Bertz CT molecular complexity index is 1510. The highest BCUT2D eigenvalue weighted by Crippen LogP contribution is 2.28. The van der Waals surface area contributed by atoms with Crippen molar-refractivity contribution in [2.75, 3.05) is 38.2 Å². The fraction of sp³-hybridized carbons (Fsp3) is 0.379. The van der Waals surface area contributed by atoms with Gasteiger partial charge in [0.2, 0.25) is 0 Å². The van der Waals surface area contributed by atoms with E-state index in [4.69, 9.17) is 42.6 Å². The number of pyridine rings is 2. The summed E-state index contributed by atoms with van der Waals surface area (Å²) >= 11 is 12.7. The number of amides is 1. The van der Waals surface area contributed by atoms with Gasteiger partial charge in [0.1, 0.15) is 29.4 Å². The van der Waals surface area contributed by atoms with Gasteiger partial charge in [0, 0.05) is 55.1 Å². The minimum Gasteiger partial charge on any atom is -0.444 e. The third kappa shape index (κ3) is 6.32. The van der Waals surface area contributed by atoms with Crippen molar-refractivity contribution in [2.45, 2.75) is 39.5 Å². The largest absolute Gasteiger partial charge is 0.444 e. The number of piperazine rings is 1. The second kappa shape index (κ2) is 11.6. The normalized spacial score (nSPS) is 14.2. The first kappa shape index (κ1) is 28.1. The van der Waals surface area contributed by atoms with E-state index >= 15 is 0 Å². The first-order chi connectivity index (χ1) is 19.1. The number of carbonyl (C=O) groups is 1. The van der Waals surface area contributed by atoms with E-state index in [1.807, 2.05) is 51.2 Å². The molecule has 3 aromatic heterocycles. The monoisotopic (exact) mass is 582 g/mol. The number of anilines is 1. The van der Waals surface area contributed by atoms with E-state index < -0.39 is 5.60 Å². The molecule has 4 heterocycles. The number of hydrogen-bond acceptors (Lipinski definition) is 7. The van der Waals surface area contributed by atoms with Crippen LogP contribution in [0.2, 0.25) is 10.0 Å². The van der Waals surface area contributed by atoms with Gasteiger partial charge in [-0.25, -0.2) is 14.8 Å². The Hall–Kier alpha value is -3.40. The van der Waals surface area contributed by atoms with E-state index in [0.717, 1.165) is 39.5 Å². The molecular formula is C29H32Cl2N6O3. The lowest BCUT2D eigenvalue weighted by Gasteiger charge is -2.36. The quantitative estimate of drug-likeness (QED) is 0.273. The molecule has 1 aromatic carbocycles. The van der Waals surface area contributed by atoms with Gasteiger partial charge < -0.3 is 23.8 Å². The maximum atomic E-state index is 12.4. The van der Waals surface area contributed by atoms with Crippen molar-refractivity contribution < 1.29 is 14.3 Å². The number of ether oxygens (including phenoxy) is 2. The Labute approximate surface area is 243 Å². The molecule has 0 spiro atoms. The van der Waals surface area contributed by atoms with Crippen LogP contribution >= 0.6 is 23.2 Å². The summed E-state index contributed by atoms with van der Waals surface area (Å²) < 4.78 is 13.0. The molecule has 1 aliphatic rings. The average molecular weight is 584 g/mol. The molecule has 1 aliphatic heterocycles. The summed E-state index contributed by atoms with van der Waals surface area (Å²) in [6.45, 7) is 9.00. The molecule has 0 atom stereocenters. The summed E-state index contributed by atoms with van der Waals surface area (Å²) in [4.78, 5) is 30.4. The Morgan fingerprint density at radius 3 is 2.45 bits per heavy atom. The van der Waals surface area contributed by atoms with Gasteiger partial charge in [-0.3, -0.25) is 4.98 Å². The van der Waals surface area contributed by atoms with Crippen LogP contribution in [0.1, 0.15) is 32.2 Å². The number of halogens is 2. The highest BCUT2D eigenvalue weighted by molar-refractivity contribution is 6.33. The lowest BCUT2D eigenvalue weighted by Crippen LogP contribution is -2.50. The first-order valence-electron chi connectivity index (χ1n) is 13.1. The van der Waals surface area contributed by atoms with E-state index in [1.54, 1.807) is 30.3 Å². The maximum Gasteiger partial charge on any atom is 0.410 e. The van der Waals surface area contributed by atoms with Crippen LogP contribution in [0.15, 0.2) is 48.8 Å². The lowest BCUT2D eigenvalue weighted by atomic mass is 10.1. The Balaban J connectivity index is 1.35. The lowest BCUT2D eigenvalue weighted by molar-refractivity contribution is 0.0240. The third-order valence-corrected chi connectivity index (χ3v) is 7.23. The predicted molar refractivity (Wildman–Crippen MR) is 157 cm³/mol. The molecule has 0 aliphatic carbocycles. The molecule has 1 saturated heterocycles. The fourth-order valence-electron chi connectivity index (χ4n) is 4.66. The number of benzene rings is 1. The number of methoxy groups -OCH3 is 1. The van der Waals surface area contributed by atoms with Crippen LogP contribution in [-0.4, -0.2) is 69.4 Å². The zero-order valence-electron chi connectivity index (χ0n) is 23.0. The van der Waals surface area contributed by atoms with Crippen molar-refractivity contribution in [3.8, 4) is 11.3 Å². The molecular weight excluding hydrogens is 551 g/mol. The van der Waals surface area contributed by atoms with Crippen LogP contribution in [-0.2, 0) is 22.6 Å². The summed E-state index contributed by atoms with van der Waals surface area (Å²) in [5.74, 6) is 1.63. The summed E-state index contributed by atoms with van der Waals surface area (Å²) in [6.07, 6.45) is 3.32. The van der Waals surface area contributed by atoms with Crippen LogP contribution in [0.4, 0.5) is 10.6 Å². The molecule has 0 saturated carbocycles. The van der Waals surface area contributed by atoms with Gasteiger partial charge in [-0.15, -0.1) is 0 Å². The molecule has 0 bridgehead atoms. The first-order valence-corrected chi connectivity index (χ1v) is 13.8. The third-order valence-electron chi connectivity index (χ3n) is 6.62. The maximum absolute atomic E-state index is 12.4. The molecule has 0 radical (unpaired) electrons. The van der Waals surface area contributed by atoms with Gasteiger partial charge in [0.15, 0.2) is 0 Å². The predicted octanol–water partition coefficient (Wildman–Crippen LogP) is 6.05. The Kier molecular flexibility index (Phi) is 8.16. The van der Waals surface area contributed by atoms with Gasteiger partial charge in [-0.05, 0) is 62.7 Å². The molecule has 11 heteroatoms. The number of aromatic nitrogens is 4. The molecule has 0 N–H and O–H groups in total. The van der Waals surface area contributed by atoms with E-state index in [-0.39, 0.29) is 6.09 Å². The van der Waals surface area contributed by atoms with Gasteiger partial charge >= 0.3 is 6.09 Å². The zero-order valence-corrected chi connectivity index (χ0v) is 24.5. The van der Waals surface area contributed by atoms with Gasteiger partial charge in [0.25, 0.3) is 0 Å². The van der Waals surface area contributed by atoms with Crippen molar-refractivity contribution in [1.82, 2.24) is 24.4 Å². The van der Waals surface area contributed by atoms with Gasteiger partial charge in [-0.1, -0.05) is 23.2 Å². The Morgan fingerprint density at radius 1 is 1.00 bits per heavy atom. The topological polar surface area (TPSA) is 85.6 Å². The van der Waals surface area contributed by atoms with Crippen LogP contribution in [0.5, 0.6) is 0 Å². The van der Waals surface area contributed by atoms with Crippen LogP contribution in [0, 0.1) is 0 Å². The number of rotatable bonds is 6. The standard InChI is InChI=1S/C29H32Cl2N6O3/c1-29(2,3)40-28(38)36-11-9-35(10-12-36)26-8-5-19(15-33-26)23-14-25-24(16-32-23)34-27(18-39-4)37(25)17-20-13-21(30)6-7-22(20)31/h5-8,13-16H,9-12,17-18H2,1-4H3. The molecule has 9 nitrogen and oxygen atoms in total. The van der Waals surface area contributed by atoms with E-state index in [9.17, 15) is 4.79 Å². The fourth-order valence-corrected chi connectivity index (χ4v) is 5.03. The smallest absolute Gasteiger partial charge is 0.410 e. The van der Waals surface area contributed by atoms with Gasteiger partial charge in [-0.2, -0.15) is 0 Å². The SMILES string of the molecule is COCc1nc2cnc(-c3ccc(N4CCN(C(=O)OC(C)(C)C)CC4)nc3)cc2n1Cc1cc(Cl)ccc1Cl. The second-order valence-electron chi connectivity index (χ2n) is 10.7. The molecule has 4 aromatic rings. The Morgan fingerprint density at radius 2 is 1.77 bits per heavy atom. The molecule has 210 valence electrons. The van der Waals surface area contributed by atoms with Crippen molar-refractivity contribution in [3.63, 3.8) is 0 Å². The highest BCUT2D eigenvalue weighted by Gasteiger charge is 2.26. The van der Waals surface area contributed by atoms with E-state index in [1.165, 1.54) is 0 Å². The number of carbonyl (C=O) groups excluding carboxylic acids is 1. The van der Waals surface area contributed by atoms with E-state index in [0.29, 0.717) is 49.4 Å². The number of fused-ring (bicyclic) bond motifs is 1. The molecule has 0 unspecified atom stereocenters. The van der Waals surface area contributed by atoms with Crippen LogP contribution in [0.3, 0.4) is 0 Å². The minimum atomic E-state index is -0.506. The van der Waals surface area contributed by atoms with Crippen molar-refractivity contribution in [1.29, 1.82) is 0 Å². The minimum absolute atomic E-state index is 0.276. The molecule has 1 fully saturated rings. The highest BCUT2D eigenvalue weighted by atomic mass is 35.5. The zero-order chi connectivity index (χ0) is 28.4. The van der Waals surface area contributed by atoms with E-state index in [2.05, 4.69) is 14.5 Å². The summed E-state index contributed by atoms with van der Waals surface area (Å²) in [5.41, 5.74) is 3.73. The van der Waals surface area contributed by atoms with Crippen molar-refractivity contribution in [3.05, 3.63) is 70.2 Å². The number of hydrogen-bond donors (Lipinski definition) is 0. The number of nitrogens with zero attached hydrogens (tertiary/aromatic N) is 6. The summed E-state index contributed by atoms with van der Waals surface area (Å²) in [7, 11) is 1.64.